The van der Waals surface area contributed by atoms with Gasteiger partial charge in [-0.2, -0.15) is 0 Å². The van der Waals surface area contributed by atoms with Crippen molar-refractivity contribution in [3.63, 3.8) is 0 Å². The summed E-state index contributed by atoms with van der Waals surface area (Å²) in [7, 11) is 0. The van der Waals surface area contributed by atoms with Crippen LogP contribution in [0.3, 0.4) is 0 Å². The van der Waals surface area contributed by atoms with Gasteiger partial charge in [-0.15, -0.1) is 0 Å². The largest absolute Gasteiger partial charge is 0.507 e. The van der Waals surface area contributed by atoms with Crippen molar-refractivity contribution in [3.05, 3.63) is 57.6 Å². The van der Waals surface area contributed by atoms with E-state index in [4.69, 9.17) is 24.1 Å². The van der Waals surface area contributed by atoms with Crippen LogP contribution in [0.5, 0.6) is 11.5 Å². The van der Waals surface area contributed by atoms with Crippen molar-refractivity contribution < 1.29 is 58.6 Å². The quantitative estimate of drug-likeness (QED) is 0.337. The highest BCUT2D eigenvalue weighted by Gasteiger charge is 2.50. The Bertz CT molecular complexity index is 1540. The average Bonchev–Trinajstić information content (AvgIpc) is 2.91. The first-order valence-electron chi connectivity index (χ1n) is 14.1. The molecule has 0 radical (unpaired) electrons. The number of phenols is 2. The van der Waals surface area contributed by atoms with Gasteiger partial charge in [-0.05, 0) is 38.5 Å². The number of carboxylic acids is 1. The van der Waals surface area contributed by atoms with Gasteiger partial charge >= 0.3 is 5.97 Å². The van der Waals surface area contributed by atoms with Crippen molar-refractivity contribution >= 4 is 23.3 Å². The Morgan fingerprint density at radius 1 is 0.907 bits per heavy atom. The van der Waals surface area contributed by atoms with Crippen molar-refractivity contribution in [1.82, 2.24) is 0 Å². The molecule has 0 aromatic heterocycles. The molecular weight excluding hydrogens is 564 g/mol. The zero-order valence-corrected chi connectivity index (χ0v) is 23.7. The lowest BCUT2D eigenvalue weighted by molar-refractivity contribution is -0.347. The van der Waals surface area contributed by atoms with E-state index in [1.807, 2.05) is 0 Å². The van der Waals surface area contributed by atoms with Gasteiger partial charge in [0.15, 0.2) is 23.6 Å². The number of carbonyl (C=O) groups is 4. The third-order valence-electron chi connectivity index (χ3n) is 8.66. The SMILES string of the molecule is CC1OC(c2ccc3c(c2O)C(=O)c2ccc(CC(C)(O)CC(=O)O)c(O)c2C3=O)C[C@H]2O[C@H]3CC(=O)[C@H](C)O[C@H]3OC12. The van der Waals surface area contributed by atoms with Gasteiger partial charge in [0.25, 0.3) is 0 Å². The topological polar surface area (TPSA) is 186 Å². The Balaban J connectivity index is 1.28. The second-order valence-corrected chi connectivity index (χ2v) is 12.0. The molecule has 4 aliphatic rings. The maximum atomic E-state index is 13.6. The summed E-state index contributed by atoms with van der Waals surface area (Å²) in [5.41, 5.74) is -2.09. The van der Waals surface area contributed by atoms with E-state index in [-0.39, 0.29) is 58.4 Å². The Kier molecular flexibility index (Phi) is 7.17. The number of hydrogen-bond donors (Lipinski definition) is 4. The Labute approximate surface area is 246 Å². The lowest BCUT2D eigenvalue weighted by Gasteiger charge is -2.49. The van der Waals surface area contributed by atoms with E-state index in [0.29, 0.717) is 0 Å². The third-order valence-corrected chi connectivity index (χ3v) is 8.66. The summed E-state index contributed by atoms with van der Waals surface area (Å²) in [6.45, 7) is 4.75. The molecule has 4 unspecified atom stereocenters. The van der Waals surface area contributed by atoms with Gasteiger partial charge in [-0.25, -0.2) is 0 Å². The van der Waals surface area contributed by atoms with Crippen LogP contribution >= 0.6 is 0 Å². The molecule has 3 aliphatic heterocycles. The van der Waals surface area contributed by atoms with Crippen molar-refractivity contribution in [2.24, 2.45) is 0 Å². The molecule has 0 amide bonds. The first-order chi connectivity index (χ1) is 20.3. The molecule has 0 bridgehead atoms. The van der Waals surface area contributed by atoms with Gasteiger partial charge in [-0.1, -0.05) is 12.1 Å². The van der Waals surface area contributed by atoms with Crippen LogP contribution in [-0.2, 0) is 35.0 Å². The molecule has 2 aromatic rings. The molecule has 6 rings (SSSR count). The molecule has 43 heavy (non-hydrogen) atoms. The zero-order chi connectivity index (χ0) is 31.0. The average molecular weight is 597 g/mol. The summed E-state index contributed by atoms with van der Waals surface area (Å²) in [6, 6.07) is 5.55. The highest BCUT2D eigenvalue weighted by atomic mass is 16.7. The Morgan fingerprint density at radius 2 is 1.56 bits per heavy atom. The van der Waals surface area contributed by atoms with Crippen LogP contribution in [0.15, 0.2) is 24.3 Å². The van der Waals surface area contributed by atoms with Crippen molar-refractivity contribution in [3.8, 4) is 11.5 Å². The molecule has 2 aromatic carbocycles. The molecule has 228 valence electrons. The number of fused-ring (bicyclic) bond motifs is 4. The maximum absolute atomic E-state index is 13.6. The summed E-state index contributed by atoms with van der Waals surface area (Å²) in [4.78, 5) is 50.5. The number of rotatable bonds is 5. The molecule has 3 heterocycles. The number of Topliss-reactive ketones (excluding diaryl/α,β-unsaturated/α-hetero) is 1. The van der Waals surface area contributed by atoms with Crippen LogP contribution in [-0.4, -0.2) is 86.2 Å². The highest BCUT2D eigenvalue weighted by Crippen LogP contribution is 2.46. The molecule has 8 atom stereocenters. The molecule has 12 nitrogen and oxygen atoms in total. The first kappa shape index (κ1) is 29.4. The Hall–Kier alpha value is -3.68. The second kappa shape index (κ2) is 10.5. The van der Waals surface area contributed by atoms with Gasteiger partial charge in [0.05, 0.1) is 41.5 Å². The summed E-state index contributed by atoms with van der Waals surface area (Å²) >= 11 is 0. The van der Waals surface area contributed by atoms with Crippen LogP contribution in [0.1, 0.15) is 89.1 Å². The second-order valence-electron chi connectivity index (χ2n) is 12.0. The van der Waals surface area contributed by atoms with Gasteiger partial charge in [0.1, 0.15) is 29.8 Å². The normalized spacial score (nSPS) is 31.3. The zero-order valence-electron chi connectivity index (χ0n) is 23.7. The molecule has 3 fully saturated rings. The number of carboxylic acid groups (broad SMARTS) is 1. The van der Waals surface area contributed by atoms with E-state index in [0.717, 1.165) is 0 Å². The minimum absolute atomic E-state index is 0.0838. The monoisotopic (exact) mass is 596 g/mol. The summed E-state index contributed by atoms with van der Waals surface area (Å²) in [5, 5.41) is 41.9. The molecule has 12 heteroatoms. The number of phenolic OH excluding ortho intramolecular Hbond substituents is 2. The van der Waals surface area contributed by atoms with E-state index in [2.05, 4.69) is 0 Å². The van der Waals surface area contributed by atoms with E-state index in [1.54, 1.807) is 13.8 Å². The molecule has 0 saturated carbocycles. The number of carbonyl (C=O) groups excluding carboxylic acids is 3. The maximum Gasteiger partial charge on any atom is 0.306 e. The summed E-state index contributed by atoms with van der Waals surface area (Å²) in [5.74, 6) is -3.66. The molecule has 0 spiro atoms. The van der Waals surface area contributed by atoms with Crippen molar-refractivity contribution in [1.29, 1.82) is 0 Å². The van der Waals surface area contributed by atoms with Crippen LogP contribution in [0.4, 0.5) is 0 Å². The number of hydrogen-bond acceptors (Lipinski definition) is 11. The van der Waals surface area contributed by atoms with Crippen molar-refractivity contribution in [2.75, 3.05) is 0 Å². The third kappa shape index (κ3) is 5.02. The minimum atomic E-state index is -1.72. The number of ketones is 3. The van der Waals surface area contributed by atoms with E-state index in [9.17, 15) is 34.5 Å². The molecular formula is C31H32O12. The predicted octanol–water partition coefficient (Wildman–Crippen LogP) is 2.35. The molecule has 4 N–H and O–H groups in total. The first-order valence-corrected chi connectivity index (χ1v) is 14.1. The van der Waals surface area contributed by atoms with Crippen LogP contribution < -0.4 is 0 Å². The van der Waals surface area contributed by atoms with Crippen LogP contribution in [0, 0.1) is 0 Å². The fraction of sp³-hybridized carbons (Fsp3) is 0.484. The lowest BCUT2D eigenvalue weighted by atomic mass is 9.79. The highest BCUT2D eigenvalue weighted by molar-refractivity contribution is 6.30. The smallest absolute Gasteiger partial charge is 0.306 e. The summed E-state index contributed by atoms with van der Waals surface area (Å²) < 4.78 is 24.2. The van der Waals surface area contributed by atoms with Crippen molar-refractivity contribution in [2.45, 2.75) is 95.0 Å². The number of aliphatic hydroxyl groups is 1. The number of ether oxygens (including phenoxy) is 4. The van der Waals surface area contributed by atoms with Crippen LogP contribution in [0.25, 0.3) is 0 Å². The van der Waals surface area contributed by atoms with E-state index in [1.165, 1.54) is 31.2 Å². The molecule has 1 aliphatic carbocycles. The van der Waals surface area contributed by atoms with Gasteiger partial charge in [0.2, 0.25) is 0 Å². The van der Waals surface area contributed by atoms with Gasteiger partial charge < -0.3 is 39.4 Å². The fourth-order valence-electron chi connectivity index (χ4n) is 6.56. The standard InChI is InChI=1S/C31H32O12/c1-12-18(32)8-21-30(41-12)43-29-13(2)40-19(9-20(29)42-21)15-6-7-17-24(26(15)36)28(38)16-5-4-14(25(35)23(16)27(17)37)10-31(3,39)11-22(33)34/h4-7,12-13,19-21,29-30,35-36,39H,8-11H2,1-3H3,(H,33,34)/t12-,13?,19?,20+,21-,29?,30-,31?/m0/s1. The fourth-order valence-corrected chi connectivity index (χ4v) is 6.56. The minimum Gasteiger partial charge on any atom is -0.507 e. The predicted molar refractivity (Wildman–Crippen MR) is 145 cm³/mol. The summed E-state index contributed by atoms with van der Waals surface area (Å²) in [6.07, 6.45) is -4.53. The number of aliphatic carboxylic acids is 1. The number of aromatic hydroxyl groups is 2. The van der Waals surface area contributed by atoms with Gasteiger partial charge in [0, 0.05) is 36.0 Å². The van der Waals surface area contributed by atoms with Crippen LogP contribution in [0.2, 0.25) is 0 Å². The molecule has 3 saturated heterocycles. The number of benzene rings is 2. The van der Waals surface area contributed by atoms with Gasteiger partial charge in [-0.3, -0.25) is 19.2 Å². The lowest BCUT2D eigenvalue weighted by Crippen LogP contribution is -2.60. The Morgan fingerprint density at radius 3 is 2.23 bits per heavy atom. The van der Waals surface area contributed by atoms with E-state index < -0.39 is 84.0 Å². The van der Waals surface area contributed by atoms with E-state index >= 15 is 0 Å².